The molecule has 1 aliphatic rings. The van der Waals surface area contributed by atoms with Crippen molar-refractivity contribution in [3.05, 3.63) is 35.4 Å². The van der Waals surface area contributed by atoms with Crippen molar-refractivity contribution in [2.24, 2.45) is 0 Å². The zero-order valence-corrected chi connectivity index (χ0v) is 9.52. The van der Waals surface area contributed by atoms with Gasteiger partial charge in [-0.05, 0) is 18.1 Å². The minimum Gasteiger partial charge on any atom is -0.379 e. The van der Waals surface area contributed by atoms with Crippen molar-refractivity contribution >= 4 is 0 Å². The molecule has 2 rings (SSSR count). The molecule has 0 spiro atoms. The average Bonchev–Trinajstić information content (AvgIpc) is 2.34. The topological polar surface area (TPSA) is 36.3 Å². The fraction of sp³-hybridized carbons (Fsp3) is 0.462. The van der Waals surface area contributed by atoms with E-state index in [-0.39, 0.29) is 6.04 Å². The van der Waals surface area contributed by atoms with Gasteiger partial charge in [-0.3, -0.25) is 4.90 Å². The van der Waals surface area contributed by atoms with Crippen LogP contribution in [0.25, 0.3) is 0 Å². The normalized spacial score (nSPS) is 19.0. The van der Waals surface area contributed by atoms with E-state index in [4.69, 9.17) is 4.74 Å². The number of hydrogen-bond donors (Lipinski definition) is 0. The Labute approximate surface area is 96.2 Å². The van der Waals surface area contributed by atoms with Crippen molar-refractivity contribution in [2.45, 2.75) is 13.0 Å². The molecule has 3 nitrogen and oxygen atoms in total. The van der Waals surface area contributed by atoms with Crippen LogP contribution in [0, 0.1) is 18.3 Å². The molecule has 1 aliphatic heterocycles. The van der Waals surface area contributed by atoms with Crippen LogP contribution in [-0.2, 0) is 4.74 Å². The Balaban J connectivity index is 2.22. The van der Waals surface area contributed by atoms with E-state index in [1.54, 1.807) is 0 Å². The Hall–Kier alpha value is -1.37. The molecular weight excluding hydrogens is 200 g/mol. The minimum absolute atomic E-state index is 0.134. The van der Waals surface area contributed by atoms with Crippen molar-refractivity contribution in [1.29, 1.82) is 5.26 Å². The number of hydrogen-bond acceptors (Lipinski definition) is 3. The average molecular weight is 216 g/mol. The molecule has 0 N–H and O–H groups in total. The van der Waals surface area contributed by atoms with Crippen LogP contribution in [0.15, 0.2) is 24.3 Å². The third kappa shape index (κ3) is 2.24. The lowest BCUT2D eigenvalue weighted by Gasteiger charge is -2.31. The molecular formula is C13H16N2O. The highest BCUT2D eigenvalue weighted by Crippen LogP contribution is 2.23. The van der Waals surface area contributed by atoms with Gasteiger partial charge in [-0.2, -0.15) is 5.26 Å². The summed E-state index contributed by atoms with van der Waals surface area (Å²) in [5.74, 6) is 0. The van der Waals surface area contributed by atoms with E-state index in [0.717, 1.165) is 31.9 Å². The van der Waals surface area contributed by atoms with Crippen molar-refractivity contribution < 1.29 is 4.74 Å². The van der Waals surface area contributed by atoms with Gasteiger partial charge in [-0.25, -0.2) is 0 Å². The molecule has 0 amide bonds. The van der Waals surface area contributed by atoms with Crippen LogP contribution in [0.3, 0.4) is 0 Å². The van der Waals surface area contributed by atoms with Gasteiger partial charge in [0.1, 0.15) is 6.04 Å². The Bertz CT molecular complexity index is 391. The van der Waals surface area contributed by atoms with Gasteiger partial charge in [0.05, 0.1) is 19.3 Å². The van der Waals surface area contributed by atoms with Crippen molar-refractivity contribution in [2.75, 3.05) is 26.3 Å². The molecule has 84 valence electrons. The molecule has 1 heterocycles. The Morgan fingerprint density at radius 1 is 1.31 bits per heavy atom. The predicted octanol–water partition coefficient (Wildman–Crippen LogP) is 1.89. The first-order valence-corrected chi connectivity index (χ1v) is 5.60. The monoisotopic (exact) mass is 216 g/mol. The van der Waals surface area contributed by atoms with Crippen LogP contribution >= 0.6 is 0 Å². The molecule has 3 heteroatoms. The van der Waals surface area contributed by atoms with E-state index in [1.165, 1.54) is 5.56 Å². The van der Waals surface area contributed by atoms with Crippen LogP contribution in [0.2, 0.25) is 0 Å². The van der Waals surface area contributed by atoms with Crippen LogP contribution in [-0.4, -0.2) is 31.2 Å². The maximum absolute atomic E-state index is 9.32. The SMILES string of the molecule is Cc1ccccc1[C@H](C#N)N1CCOCC1. The third-order valence-corrected chi connectivity index (χ3v) is 3.02. The molecule has 1 fully saturated rings. The van der Waals surface area contributed by atoms with Gasteiger partial charge >= 0.3 is 0 Å². The van der Waals surface area contributed by atoms with E-state index < -0.39 is 0 Å². The van der Waals surface area contributed by atoms with Gasteiger partial charge in [0, 0.05) is 13.1 Å². The third-order valence-electron chi connectivity index (χ3n) is 3.02. The summed E-state index contributed by atoms with van der Waals surface area (Å²) < 4.78 is 5.31. The van der Waals surface area contributed by atoms with E-state index in [9.17, 15) is 5.26 Å². The largest absolute Gasteiger partial charge is 0.379 e. The molecule has 1 aromatic rings. The van der Waals surface area contributed by atoms with Gasteiger partial charge in [0.25, 0.3) is 0 Å². The van der Waals surface area contributed by atoms with E-state index in [2.05, 4.69) is 24.0 Å². The lowest BCUT2D eigenvalue weighted by Crippen LogP contribution is -2.38. The summed E-state index contributed by atoms with van der Waals surface area (Å²) in [6.07, 6.45) is 0. The van der Waals surface area contributed by atoms with Crippen LogP contribution in [0.1, 0.15) is 17.2 Å². The quantitative estimate of drug-likeness (QED) is 0.757. The van der Waals surface area contributed by atoms with Gasteiger partial charge in [-0.15, -0.1) is 0 Å². The van der Waals surface area contributed by atoms with Gasteiger partial charge < -0.3 is 4.74 Å². The van der Waals surface area contributed by atoms with Crippen LogP contribution in [0.5, 0.6) is 0 Å². The van der Waals surface area contributed by atoms with Crippen LogP contribution in [0.4, 0.5) is 0 Å². The first-order valence-electron chi connectivity index (χ1n) is 5.60. The number of aryl methyl sites for hydroxylation is 1. The molecule has 1 atom stereocenters. The van der Waals surface area contributed by atoms with Crippen molar-refractivity contribution in [1.82, 2.24) is 4.90 Å². The lowest BCUT2D eigenvalue weighted by atomic mass is 10.0. The molecule has 16 heavy (non-hydrogen) atoms. The summed E-state index contributed by atoms with van der Waals surface area (Å²) in [5.41, 5.74) is 2.30. The number of benzene rings is 1. The first-order chi connectivity index (χ1) is 7.83. The van der Waals surface area contributed by atoms with Gasteiger partial charge in [0.15, 0.2) is 0 Å². The number of rotatable bonds is 2. The summed E-state index contributed by atoms with van der Waals surface area (Å²) in [5, 5.41) is 9.32. The number of nitriles is 1. The summed E-state index contributed by atoms with van der Waals surface area (Å²) in [6.45, 7) is 5.19. The molecule has 0 unspecified atom stereocenters. The summed E-state index contributed by atoms with van der Waals surface area (Å²) in [6, 6.07) is 10.4. The second-order valence-electron chi connectivity index (χ2n) is 4.04. The molecule has 1 saturated heterocycles. The Morgan fingerprint density at radius 3 is 2.62 bits per heavy atom. The second kappa shape index (κ2) is 5.11. The highest BCUT2D eigenvalue weighted by Gasteiger charge is 2.22. The lowest BCUT2D eigenvalue weighted by molar-refractivity contribution is 0.0265. The van der Waals surface area contributed by atoms with Crippen molar-refractivity contribution in [3.8, 4) is 6.07 Å². The molecule has 0 radical (unpaired) electrons. The highest BCUT2D eigenvalue weighted by molar-refractivity contribution is 5.32. The molecule has 0 aromatic heterocycles. The summed E-state index contributed by atoms with van der Waals surface area (Å²) in [4.78, 5) is 2.19. The number of nitrogens with zero attached hydrogens (tertiary/aromatic N) is 2. The fourth-order valence-corrected chi connectivity index (χ4v) is 2.08. The summed E-state index contributed by atoms with van der Waals surface area (Å²) >= 11 is 0. The number of morpholine rings is 1. The van der Waals surface area contributed by atoms with Crippen molar-refractivity contribution in [3.63, 3.8) is 0 Å². The first kappa shape index (κ1) is 11.1. The number of ether oxygens (including phenoxy) is 1. The Kier molecular flexibility index (Phi) is 3.55. The minimum atomic E-state index is -0.134. The standard InChI is InChI=1S/C13H16N2O/c1-11-4-2-3-5-12(11)13(10-14)15-6-8-16-9-7-15/h2-5,13H,6-9H2,1H3/t13-/m0/s1. The second-order valence-corrected chi connectivity index (χ2v) is 4.04. The maximum atomic E-state index is 9.32. The molecule has 0 aliphatic carbocycles. The molecule has 0 saturated carbocycles. The Morgan fingerprint density at radius 2 is 2.00 bits per heavy atom. The van der Waals surface area contributed by atoms with E-state index in [1.807, 2.05) is 18.2 Å². The highest BCUT2D eigenvalue weighted by atomic mass is 16.5. The fourth-order valence-electron chi connectivity index (χ4n) is 2.08. The summed E-state index contributed by atoms with van der Waals surface area (Å²) in [7, 11) is 0. The van der Waals surface area contributed by atoms with E-state index >= 15 is 0 Å². The molecule has 1 aromatic carbocycles. The van der Waals surface area contributed by atoms with Gasteiger partial charge in [-0.1, -0.05) is 24.3 Å². The van der Waals surface area contributed by atoms with E-state index in [0.29, 0.717) is 0 Å². The molecule has 0 bridgehead atoms. The zero-order chi connectivity index (χ0) is 11.4. The van der Waals surface area contributed by atoms with Crippen LogP contribution < -0.4 is 0 Å². The van der Waals surface area contributed by atoms with Gasteiger partial charge in [0.2, 0.25) is 0 Å². The zero-order valence-electron chi connectivity index (χ0n) is 9.52. The smallest absolute Gasteiger partial charge is 0.124 e. The predicted molar refractivity (Wildman–Crippen MR) is 61.9 cm³/mol. The maximum Gasteiger partial charge on any atom is 0.124 e.